The second-order valence-corrected chi connectivity index (χ2v) is 10.9. The van der Waals surface area contributed by atoms with Crippen LogP contribution in [0.2, 0.25) is 0 Å². The Morgan fingerprint density at radius 1 is 0.909 bits per heavy atom. The number of carbonyl (C=O) groups is 2. The summed E-state index contributed by atoms with van der Waals surface area (Å²) >= 11 is 0. The van der Waals surface area contributed by atoms with E-state index < -0.39 is 0 Å². The smallest absolute Gasteiger partial charge is 0.258 e. The van der Waals surface area contributed by atoms with Gasteiger partial charge >= 0.3 is 0 Å². The molecule has 11 heteroatoms. The number of aromatic hydroxyl groups is 1. The van der Waals surface area contributed by atoms with Gasteiger partial charge in [0.05, 0.1) is 27.4 Å². The van der Waals surface area contributed by atoms with E-state index in [1.54, 1.807) is 31.4 Å². The maximum atomic E-state index is 13.2. The molecule has 0 unspecified atom stereocenters. The van der Waals surface area contributed by atoms with Crippen LogP contribution in [0.1, 0.15) is 29.5 Å². The lowest BCUT2D eigenvalue weighted by atomic mass is 10.0. The number of phenolic OH excluding ortho intramolecular Hbond substituents is 1. The average molecular weight is 606 g/mol. The van der Waals surface area contributed by atoms with Crippen LogP contribution in [0.4, 0.5) is 0 Å². The minimum atomic E-state index is -0.355. The number of amides is 2. The van der Waals surface area contributed by atoms with E-state index in [0.29, 0.717) is 67.8 Å². The average Bonchev–Trinajstić information content (AvgIpc) is 3.03. The summed E-state index contributed by atoms with van der Waals surface area (Å²) < 4.78 is 28.6. The number of benzene rings is 3. The quantitative estimate of drug-likeness (QED) is 0.402. The number of hydrogen-bond acceptors (Lipinski definition) is 9. The van der Waals surface area contributed by atoms with Gasteiger partial charge in [0.1, 0.15) is 17.6 Å². The number of phenols is 1. The topological polar surface area (TPSA) is 128 Å². The number of aryl methyl sites for hydroxylation is 1. The summed E-state index contributed by atoms with van der Waals surface area (Å²) in [6, 6.07) is 16.0. The van der Waals surface area contributed by atoms with Gasteiger partial charge in [-0.25, -0.2) is 0 Å². The maximum Gasteiger partial charge on any atom is 0.258 e. The van der Waals surface area contributed by atoms with Gasteiger partial charge in [0, 0.05) is 44.2 Å². The van der Waals surface area contributed by atoms with Crippen molar-refractivity contribution >= 4 is 11.8 Å². The van der Waals surface area contributed by atoms with Gasteiger partial charge in [-0.05, 0) is 60.4 Å². The Hall–Kier alpha value is -4.64. The molecular formula is C33H39N3O8. The van der Waals surface area contributed by atoms with Crippen molar-refractivity contribution in [1.29, 1.82) is 0 Å². The summed E-state index contributed by atoms with van der Waals surface area (Å²) in [7, 11) is 4.64. The van der Waals surface area contributed by atoms with Gasteiger partial charge < -0.3 is 39.4 Å². The fraction of sp³-hybridized carbons (Fsp3) is 0.394. The Kier molecular flexibility index (Phi) is 9.96. The van der Waals surface area contributed by atoms with Crippen molar-refractivity contribution in [1.82, 2.24) is 15.5 Å². The molecule has 0 aromatic heterocycles. The molecule has 1 saturated heterocycles. The second-order valence-electron chi connectivity index (χ2n) is 10.9. The molecule has 3 aromatic rings. The zero-order valence-corrected chi connectivity index (χ0v) is 25.3. The van der Waals surface area contributed by atoms with E-state index in [2.05, 4.69) is 15.5 Å². The maximum absolute atomic E-state index is 13.2. The normalized spacial score (nSPS) is 19.5. The molecule has 3 N–H and O–H groups in total. The fourth-order valence-corrected chi connectivity index (χ4v) is 5.55. The van der Waals surface area contributed by atoms with Crippen LogP contribution in [0.15, 0.2) is 54.6 Å². The Bertz CT molecular complexity index is 1480. The first-order valence-corrected chi connectivity index (χ1v) is 14.6. The summed E-state index contributed by atoms with van der Waals surface area (Å²) in [6.45, 7) is 1.90. The van der Waals surface area contributed by atoms with Gasteiger partial charge in [0.25, 0.3) is 5.91 Å². The van der Waals surface area contributed by atoms with Crippen molar-refractivity contribution in [3.8, 4) is 34.5 Å². The Balaban J connectivity index is 1.39. The molecule has 0 spiro atoms. The molecule has 3 aliphatic heterocycles. The zero-order valence-electron chi connectivity index (χ0n) is 25.3. The van der Waals surface area contributed by atoms with Gasteiger partial charge in [0.15, 0.2) is 29.6 Å². The Morgan fingerprint density at radius 2 is 1.70 bits per heavy atom. The number of piperidine rings is 1. The van der Waals surface area contributed by atoms with Gasteiger partial charge in [-0.15, -0.1) is 0 Å². The van der Waals surface area contributed by atoms with Gasteiger partial charge in [-0.3, -0.25) is 14.5 Å². The molecule has 0 saturated carbocycles. The highest BCUT2D eigenvalue weighted by Gasteiger charge is 2.32. The van der Waals surface area contributed by atoms with Gasteiger partial charge in [-0.2, -0.15) is 0 Å². The highest BCUT2D eigenvalue weighted by molar-refractivity contribution is 5.78. The predicted molar refractivity (Wildman–Crippen MR) is 163 cm³/mol. The second kappa shape index (κ2) is 14.2. The van der Waals surface area contributed by atoms with Crippen LogP contribution in [0, 0.1) is 0 Å². The Morgan fingerprint density at radius 3 is 2.48 bits per heavy atom. The molecule has 4 bridgehead atoms. The summed E-state index contributed by atoms with van der Waals surface area (Å²) in [4.78, 5) is 28.1. The van der Waals surface area contributed by atoms with E-state index in [1.807, 2.05) is 30.3 Å². The van der Waals surface area contributed by atoms with Crippen LogP contribution in [-0.2, 0) is 29.1 Å². The summed E-state index contributed by atoms with van der Waals surface area (Å²) in [5.74, 6) is 2.23. The lowest BCUT2D eigenvalue weighted by Crippen LogP contribution is -2.57. The first-order valence-electron chi connectivity index (χ1n) is 14.6. The van der Waals surface area contributed by atoms with E-state index in [-0.39, 0.29) is 42.7 Å². The molecule has 11 nitrogen and oxygen atoms in total. The fourth-order valence-electron chi connectivity index (χ4n) is 5.55. The minimum absolute atomic E-state index is 0.0806. The molecule has 0 radical (unpaired) electrons. The first kappa shape index (κ1) is 30.8. The summed E-state index contributed by atoms with van der Waals surface area (Å²) in [6.07, 6.45) is 1.10. The van der Waals surface area contributed by atoms with Crippen molar-refractivity contribution < 1.29 is 38.4 Å². The van der Waals surface area contributed by atoms with E-state index >= 15 is 0 Å². The third kappa shape index (κ3) is 7.65. The van der Waals surface area contributed by atoms with Crippen molar-refractivity contribution in [3.05, 3.63) is 71.3 Å². The van der Waals surface area contributed by atoms with Crippen LogP contribution in [0.5, 0.6) is 34.5 Å². The molecule has 3 aromatic carbocycles. The number of fused-ring (bicyclic) bond motifs is 9. The van der Waals surface area contributed by atoms with Crippen molar-refractivity contribution in [2.45, 2.75) is 44.5 Å². The van der Waals surface area contributed by atoms with E-state index in [9.17, 15) is 14.7 Å². The zero-order chi connectivity index (χ0) is 31.1. The lowest BCUT2D eigenvalue weighted by Gasteiger charge is -2.39. The van der Waals surface area contributed by atoms with Crippen LogP contribution in [0.3, 0.4) is 0 Å². The van der Waals surface area contributed by atoms with Crippen LogP contribution < -0.4 is 34.3 Å². The van der Waals surface area contributed by atoms with Crippen molar-refractivity contribution in [3.63, 3.8) is 0 Å². The SMILES string of the molecule is COc1ccc(CN2CC[C@@H]3Oc4ccc(c(OC)c4)CNC(=O)CCc4ccc(OC)c(c4)OCC(=O)N[C@@H]3C2)cc1O. The van der Waals surface area contributed by atoms with Crippen molar-refractivity contribution in [2.75, 3.05) is 41.0 Å². The van der Waals surface area contributed by atoms with Crippen LogP contribution in [0.25, 0.3) is 0 Å². The molecular weight excluding hydrogens is 566 g/mol. The number of carbonyl (C=O) groups excluding carboxylic acids is 2. The molecule has 44 heavy (non-hydrogen) atoms. The minimum Gasteiger partial charge on any atom is -0.504 e. The number of hydrogen-bond donors (Lipinski definition) is 3. The van der Waals surface area contributed by atoms with Crippen LogP contribution in [-0.4, -0.2) is 75.0 Å². The molecule has 2 amide bonds. The number of nitrogens with zero attached hydrogens (tertiary/aromatic N) is 1. The summed E-state index contributed by atoms with van der Waals surface area (Å²) in [5, 5.41) is 16.3. The molecule has 1 fully saturated rings. The van der Waals surface area contributed by atoms with Gasteiger partial charge in [0.2, 0.25) is 5.91 Å². The third-order valence-corrected chi connectivity index (χ3v) is 7.88. The van der Waals surface area contributed by atoms with E-state index in [4.69, 9.17) is 23.7 Å². The highest BCUT2D eigenvalue weighted by atomic mass is 16.5. The summed E-state index contributed by atoms with van der Waals surface area (Å²) in [5.41, 5.74) is 2.64. The molecule has 234 valence electrons. The number of methoxy groups -OCH3 is 3. The first-order chi connectivity index (χ1) is 21.3. The molecule has 6 rings (SSSR count). The molecule has 0 aliphatic carbocycles. The standard InChI is InChI=1S/C33H39N3O8/c1-40-28-9-5-22(14-26(28)37)18-36-13-12-27-25(19-36)35-33(39)20-43-31-15-21(4-10-29(31)41-2)6-11-32(38)34-17-23-7-8-24(44-27)16-30(23)42-3/h4-5,7-10,14-16,25,27,37H,6,11-13,17-20H2,1-3H3,(H,34,38)(H,35,39)/t25-,27+/m1/s1. The molecule has 3 heterocycles. The van der Waals surface area contributed by atoms with E-state index in [0.717, 1.165) is 16.7 Å². The van der Waals surface area contributed by atoms with E-state index in [1.165, 1.54) is 14.2 Å². The number of nitrogens with one attached hydrogen (secondary N) is 2. The Labute approximate surface area is 257 Å². The number of rotatable bonds is 5. The molecule has 2 atom stereocenters. The lowest BCUT2D eigenvalue weighted by molar-refractivity contribution is -0.125. The monoisotopic (exact) mass is 605 g/mol. The van der Waals surface area contributed by atoms with Gasteiger partial charge in [-0.1, -0.05) is 12.1 Å². The number of likely N-dealkylation sites (tertiary alicyclic amines) is 1. The highest BCUT2D eigenvalue weighted by Crippen LogP contribution is 2.31. The van der Waals surface area contributed by atoms with Crippen molar-refractivity contribution in [2.24, 2.45) is 0 Å². The van der Waals surface area contributed by atoms with Crippen LogP contribution >= 0.6 is 0 Å². The predicted octanol–water partition coefficient (Wildman–Crippen LogP) is 3.20. The number of ether oxygens (including phenoxy) is 5. The largest absolute Gasteiger partial charge is 0.504 e. The third-order valence-electron chi connectivity index (χ3n) is 7.88. The molecule has 3 aliphatic rings.